The van der Waals surface area contributed by atoms with Gasteiger partial charge in [0.05, 0.1) is 11.1 Å². The highest BCUT2D eigenvalue weighted by molar-refractivity contribution is 6.31. The molecule has 1 aliphatic rings. The number of urea groups is 1. The van der Waals surface area contributed by atoms with Crippen molar-refractivity contribution in [2.75, 3.05) is 5.32 Å². The summed E-state index contributed by atoms with van der Waals surface area (Å²) >= 11 is 5.69. The zero-order chi connectivity index (χ0) is 20.3. The Labute approximate surface area is 166 Å². The molecule has 1 fully saturated rings. The number of amides is 4. The first-order chi connectivity index (χ1) is 13.4. The largest absolute Gasteiger partial charge is 0.326 e. The van der Waals surface area contributed by atoms with Gasteiger partial charge < -0.3 is 10.6 Å². The van der Waals surface area contributed by atoms with Crippen molar-refractivity contribution in [1.29, 1.82) is 0 Å². The van der Waals surface area contributed by atoms with Gasteiger partial charge in [-0.3, -0.25) is 14.5 Å². The maximum atomic E-state index is 13.2. The molecule has 0 radical (unpaired) electrons. The predicted octanol–water partition coefficient (Wildman–Crippen LogP) is 3.88. The van der Waals surface area contributed by atoms with Crippen LogP contribution in [0.25, 0.3) is 0 Å². The SMILES string of the molecule is CC(c1ccccc1)N1C(=O)NC(CCC(=O)Nc2ccc(F)c(Cl)c2)C1=O. The van der Waals surface area contributed by atoms with Crippen molar-refractivity contribution in [1.82, 2.24) is 10.2 Å². The average Bonchev–Trinajstić information content (AvgIpc) is 2.96. The summed E-state index contributed by atoms with van der Waals surface area (Å²) in [7, 11) is 0. The predicted molar refractivity (Wildman–Crippen MR) is 103 cm³/mol. The van der Waals surface area contributed by atoms with Crippen LogP contribution in [0.2, 0.25) is 5.02 Å². The van der Waals surface area contributed by atoms with Crippen molar-refractivity contribution >= 4 is 35.1 Å². The molecule has 2 unspecified atom stereocenters. The molecule has 4 amide bonds. The monoisotopic (exact) mass is 403 g/mol. The van der Waals surface area contributed by atoms with Gasteiger partial charge >= 0.3 is 6.03 Å². The third-order valence-electron chi connectivity index (χ3n) is 4.58. The smallest absolute Gasteiger partial charge is 0.325 e. The lowest BCUT2D eigenvalue weighted by Crippen LogP contribution is -2.34. The molecule has 0 aromatic heterocycles. The van der Waals surface area contributed by atoms with Crippen molar-refractivity contribution in [3.05, 3.63) is 64.9 Å². The Morgan fingerprint density at radius 1 is 1.25 bits per heavy atom. The molecule has 0 aliphatic carbocycles. The van der Waals surface area contributed by atoms with Crippen LogP contribution in [0, 0.1) is 5.82 Å². The van der Waals surface area contributed by atoms with Crippen molar-refractivity contribution < 1.29 is 18.8 Å². The number of hydrogen-bond donors (Lipinski definition) is 2. The molecule has 1 aliphatic heterocycles. The second kappa shape index (κ2) is 8.39. The van der Waals surface area contributed by atoms with Crippen molar-refractivity contribution in [3.8, 4) is 0 Å². The quantitative estimate of drug-likeness (QED) is 0.718. The summed E-state index contributed by atoms with van der Waals surface area (Å²) in [6.07, 6.45) is 0.169. The van der Waals surface area contributed by atoms with Crippen LogP contribution in [0.4, 0.5) is 14.9 Å². The van der Waals surface area contributed by atoms with Gasteiger partial charge in [-0.25, -0.2) is 9.18 Å². The van der Waals surface area contributed by atoms with E-state index in [1.807, 2.05) is 30.3 Å². The molecule has 1 heterocycles. The van der Waals surface area contributed by atoms with E-state index < -0.39 is 23.9 Å². The van der Waals surface area contributed by atoms with Crippen LogP contribution in [-0.4, -0.2) is 28.8 Å². The highest BCUT2D eigenvalue weighted by atomic mass is 35.5. The molecule has 8 heteroatoms. The molecule has 2 atom stereocenters. The van der Waals surface area contributed by atoms with Crippen molar-refractivity contribution in [2.24, 2.45) is 0 Å². The third-order valence-corrected chi connectivity index (χ3v) is 4.87. The Kier molecular flexibility index (Phi) is 5.94. The number of benzene rings is 2. The first-order valence-electron chi connectivity index (χ1n) is 8.80. The van der Waals surface area contributed by atoms with Gasteiger partial charge in [-0.15, -0.1) is 0 Å². The molecule has 0 bridgehead atoms. The summed E-state index contributed by atoms with van der Waals surface area (Å²) < 4.78 is 13.2. The normalized spacial score (nSPS) is 17.4. The van der Waals surface area contributed by atoms with E-state index in [-0.39, 0.29) is 29.7 Å². The van der Waals surface area contributed by atoms with Crippen LogP contribution in [0.1, 0.15) is 31.4 Å². The van der Waals surface area contributed by atoms with Crippen LogP contribution in [0.5, 0.6) is 0 Å². The number of imide groups is 1. The molecule has 6 nitrogen and oxygen atoms in total. The maximum absolute atomic E-state index is 13.2. The number of carbonyl (C=O) groups excluding carboxylic acids is 3. The van der Waals surface area contributed by atoms with Gasteiger partial charge in [-0.1, -0.05) is 41.9 Å². The van der Waals surface area contributed by atoms with Crippen molar-refractivity contribution in [3.63, 3.8) is 0 Å². The molecule has 2 aromatic carbocycles. The minimum absolute atomic E-state index is 0.0131. The fourth-order valence-corrected chi connectivity index (χ4v) is 3.24. The van der Waals surface area contributed by atoms with E-state index >= 15 is 0 Å². The van der Waals surface area contributed by atoms with Gasteiger partial charge in [0.2, 0.25) is 5.91 Å². The van der Waals surface area contributed by atoms with Crippen LogP contribution < -0.4 is 10.6 Å². The van der Waals surface area contributed by atoms with E-state index in [0.29, 0.717) is 5.69 Å². The minimum Gasteiger partial charge on any atom is -0.326 e. The summed E-state index contributed by atoms with van der Waals surface area (Å²) in [4.78, 5) is 38.2. The van der Waals surface area contributed by atoms with E-state index in [4.69, 9.17) is 11.6 Å². The van der Waals surface area contributed by atoms with Gasteiger partial charge in [0, 0.05) is 12.1 Å². The summed E-state index contributed by atoms with van der Waals surface area (Å²) in [5, 5.41) is 5.12. The number of carbonyl (C=O) groups is 3. The standard InChI is InChI=1S/C20H19ClFN3O3/c1-12(13-5-3-2-4-6-13)25-19(27)17(24-20(25)28)9-10-18(26)23-14-7-8-16(22)15(21)11-14/h2-8,11-12,17H,9-10H2,1H3,(H,23,26)(H,24,28). The number of halogens is 2. The van der Waals surface area contributed by atoms with Gasteiger partial charge in [0.1, 0.15) is 11.9 Å². The number of rotatable bonds is 6. The van der Waals surface area contributed by atoms with E-state index in [1.165, 1.54) is 17.0 Å². The number of anilines is 1. The summed E-state index contributed by atoms with van der Waals surface area (Å²) in [6.45, 7) is 1.78. The van der Waals surface area contributed by atoms with Crippen LogP contribution >= 0.6 is 11.6 Å². The first-order valence-corrected chi connectivity index (χ1v) is 9.18. The highest BCUT2D eigenvalue weighted by Crippen LogP contribution is 2.25. The van der Waals surface area contributed by atoms with Gasteiger partial charge in [0.15, 0.2) is 0 Å². The van der Waals surface area contributed by atoms with E-state index in [1.54, 1.807) is 6.92 Å². The fourth-order valence-electron chi connectivity index (χ4n) is 3.06. The minimum atomic E-state index is -0.763. The summed E-state index contributed by atoms with van der Waals surface area (Å²) in [6, 6.07) is 11.4. The molecule has 0 saturated carbocycles. The first kappa shape index (κ1) is 19.8. The Morgan fingerprint density at radius 3 is 2.64 bits per heavy atom. The Hall–Kier alpha value is -2.93. The van der Waals surface area contributed by atoms with Gasteiger partial charge in [-0.2, -0.15) is 0 Å². The summed E-state index contributed by atoms with van der Waals surface area (Å²) in [5.74, 6) is -1.30. The van der Waals surface area contributed by atoms with Crippen LogP contribution in [0.15, 0.2) is 48.5 Å². The van der Waals surface area contributed by atoms with Crippen LogP contribution in [-0.2, 0) is 9.59 Å². The van der Waals surface area contributed by atoms with E-state index in [2.05, 4.69) is 10.6 Å². The number of nitrogens with one attached hydrogen (secondary N) is 2. The lowest BCUT2D eigenvalue weighted by molar-refractivity contribution is -0.129. The third kappa shape index (κ3) is 4.31. The molecule has 2 aromatic rings. The van der Waals surface area contributed by atoms with Gasteiger partial charge in [-0.05, 0) is 37.1 Å². The van der Waals surface area contributed by atoms with Crippen molar-refractivity contribution in [2.45, 2.75) is 31.8 Å². The second-order valence-corrected chi connectivity index (χ2v) is 6.92. The van der Waals surface area contributed by atoms with E-state index in [9.17, 15) is 18.8 Å². The molecule has 1 saturated heterocycles. The van der Waals surface area contributed by atoms with Crippen LogP contribution in [0.3, 0.4) is 0 Å². The molecule has 146 valence electrons. The highest BCUT2D eigenvalue weighted by Gasteiger charge is 2.40. The number of hydrogen-bond acceptors (Lipinski definition) is 3. The zero-order valence-electron chi connectivity index (χ0n) is 15.1. The number of nitrogens with zero attached hydrogens (tertiary/aromatic N) is 1. The lowest BCUT2D eigenvalue weighted by atomic mass is 10.1. The Balaban J connectivity index is 1.58. The molecule has 0 spiro atoms. The average molecular weight is 404 g/mol. The molecular formula is C20H19ClFN3O3. The second-order valence-electron chi connectivity index (χ2n) is 6.51. The molecule has 3 rings (SSSR count). The molecule has 28 heavy (non-hydrogen) atoms. The molecule has 2 N–H and O–H groups in total. The van der Waals surface area contributed by atoms with E-state index in [0.717, 1.165) is 11.6 Å². The zero-order valence-corrected chi connectivity index (χ0v) is 15.9. The lowest BCUT2D eigenvalue weighted by Gasteiger charge is -2.21. The fraction of sp³-hybridized carbons (Fsp3) is 0.250. The Bertz CT molecular complexity index is 907. The topological polar surface area (TPSA) is 78.5 Å². The molecular weight excluding hydrogens is 385 g/mol. The Morgan fingerprint density at radius 2 is 1.96 bits per heavy atom. The summed E-state index contributed by atoms with van der Waals surface area (Å²) in [5.41, 5.74) is 1.20. The maximum Gasteiger partial charge on any atom is 0.325 e. The van der Waals surface area contributed by atoms with Gasteiger partial charge in [0.25, 0.3) is 5.91 Å².